The number of hydrogen-bond acceptors (Lipinski definition) is 0. The fourth-order valence-electron chi connectivity index (χ4n) is 1.90. The molecule has 0 N–H and O–H groups in total. The van der Waals surface area contributed by atoms with Gasteiger partial charge in [0.15, 0.2) is 0 Å². The number of rotatable bonds is 0. The summed E-state index contributed by atoms with van der Waals surface area (Å²) in [7, 11) is 0. The first-order chi connectivity index (χ1) is 7.40. The van der Waals surface area contributed by atoms with Gasteiger partial charge in [-0.15, -0.1) is 0 Å². The van der Waals surface area contributed by atoms with Crippen LogP contribution in [0.2, 0.25) is 0 Å². The molecule has 17 heavy (non-hydrogen) atoms. The largest absolute Gasteiger partial charge is 2.00 e. The van der Waals surface area contributed by atoms with Gasteiger partial charge in [-0.25, -0.2) is 12.1 Å². The maximum Gasteiger partial charge on any atom is 2.00 e. The molecule has 0 fully saturated rings. The van der Waals surface area contributed by atoms with Crippen LogP contribution in [0.1, 0.15) is 33.4 Å². The predicted octanol–water partition coefficient (Wildman–Crippen LogP) is 4.66. The van der Waals surface area contributed by atoms with Gasteiger partial charge in [0.2, 0.25) is 0 Å². The van der Waals surface area contributed by atoms with Gasteiger partial charge in [-0.2, -0.15) is 45.5 Å². The summed E-state index contributed by atoms with van der Waals surface area (Å²) in [5.74, 6) is 0. The molecule has 94 valence electrons. The van der Waals surface area contributed by atoms with E-state index in [0.717, 1.165) is 0 Å². The van der Waals surface area contributed by atoms with E-state index < -0.39 is 0 Å². The molecular weight excluding hydrogens is 248 g/mol. The maximum atomic E-state index is 2.20. The summed E-state index contributed by atoms with van der Waals surface area (Å²) in [5, 5.41) is 0. The van der Waals surface area contributed by atoms with Gasteiger partial charge in [0.25, 0.3) is 0 Å². The van der Waals surface area contributed by atoms with Crippen molar-refractivity contribution in [1.29, 1.82) is 0 Å². The minimum atomic E-state index is 0. The zero-order valence-electron chi connectivity index (χ0n) is 11.7. The Balaban J connectivity index is 0.000000284. The molecule has 1 heteroatoms. The Bertz CT molecular complexity index is 375. The predicted molar refractivity (Wildman–Crippen MR) is 72.5 cm³/mol. The van der Waals surface area contributed by atoms with Crippen molar-refractivity contribution < 1.29 is 17.1 Å². The molecule has 0 bridgehead atoms. The summed E-state index contributed by atoms with van der Waals surface area (Å²) in [4.78, 5) is 0. The normalized spacial score (nSPS) is 9.29. The molecule has 0 saturated carbocycles. The summed E-state index contributed by atoms with van der Waals surface area (Å²) in [6.45, 7) is 12.8. The second-order valence-corrected chi connectivity index (χ2v) is 4.80. The third-order valence-corrected chi connectivity index (χ3v) is 3.02. The Morgan fingerprint density at radius 3 is 1.00 bits per heavy atom. The van der Waals surface area contributed by atoms with Gasteiger partial charge in [-0.05, 0) is 0 Å². The third-order valence-electron chi connectivity index (χ3n) is 3.02. The first-order valence-corrected chi connectivity index (χ1v) is 5.81. The van der Waals surface area contributed by atoms with Crippen LogP contribution in [0, 0.1) is 41.5 Å². The minimum Gasteiger partial charge on any atom is -0.208 e. The van der Waals surface area contributed by atoms with Crippen LogP contribution in [0.25, 0.3) is 0 Å². The molecule has 0 aliphatic heterocycles. The van der Waals surface area contributed by atoms with Crippen molar-refractivity contribution in [1.82, 2.24) is 0 Å². The molecule has 0 aliphatic carbocycles. The molecule has 2 aromatic carbocycles. The van der Waals surface area contributed by atoms with E-state index in [1.807, 2.05) is 0 Å². The Morgan fingerprint density at radius 1 is 0.647 bits per heavy atom. The second kappa shape index (κ2) is 6.83. The average molecular weight is 270 g/mol. The van der Waals surface area contributed by atoms with Gasteiger partial charge in [-0.1, -0.05) is 41.5 Å². The van der Waals surface area contributed by atoms with E-state index in [-0.39, 0.29) is 17.1 Å². The van der Waals surface area contributed by atoms with Gasteiger partial charge in [-0.3, -0.25) is 0 Å². The number of aryl methyl sites for hydroxylation is 6. The van der Waals surface area contributed by atoms with Gasteiger partial charge in [0, 0.05) is 0 Å². The van der Waals surface area contributed by atoms with Crippen molar-refractivity contribution in [3.05, 3.63) is 57.6 Å². The fraction of sp³-hybridized carbons (Fsp3) is 0.375. The molecule has 0 atom stereocenters. The van der Waals surface area contributed by atoms with Crippen molar-refractivity contribution >= 4 is 0 Å². The molecule has 0 saturated heterocycles. The van der Waals surface area contributed by atoms with Gasteiger partial charge in [0.1, 0.15) is 0 Å². The van der Waals surface area contributed by atoms with E-state index in [0.29, 0.717) is 0 Å². The Labute approximate surface area is 116 Å². The van der Waals surface area contributed by atoms with Crippen molar-refractivity contribution in [3.8, 4) is 0 Å². The average Bonchev–Trinajstić information content (AvgIpc) is 2.58. The molecule has 0 aromatic heterocycles. The first kappa shape index (κ1) is 16.2. The maximum absolute atomic E-state index is 2.20. The van der Waals surface area contributed by atoms with Crippen LogP contribution < -0.4 is 0 Å². The summed E-state index contributed by atoms with van der Waals surface area (Å²) in [6.07, 6.45) is 0. The van der Waals surface area contributed by atoms with Gasteiger partial charge < -0.3 is 0 Å². The topological polar surface area (TPSA) is 0 Å². The molecule has 0 unspecified atom stereocenters. The van der Waals surface area contributed by atoms with Crippen molar-refractivity contribution in [2.75, 3.05) is 0 Å². The third kappa shape index (κ3) is 4.93. The molecule has 2 aromatic rings. The van der Waals surface area contributed by atoms with Crippen molar-refractivity contribution in [3.63, 3.8) is 0 Å². The summed E-state index contributed by atoms with van der Waals surface area (Å²) < 4.78 is 0. The van der Waals surface area contributed by atoms with Gasteiger partial charge in [0.05, 0.1) is 0 Å². The summed E-state index contributed by atoms with van der Waals surface area (Å²) in [6, 6.07) is 8.81. The second-order valence-electron chi connectivity index (χ2n) is 4.80. The fourth-order valence-corrected chi connectivity index (χ4v) is 1.90. The van der Waals surface area contributed by atoms with Crippen molar-refractivity contribution in [2.24, 2.45) is 0 Å². The van der Waals surface area contributed by atoms with Crippen LogP contribution in [-0.2, 0) is 17.1 Å². The van der Waals surface area contributed by atoms with Crippen LogP contribution in [0.4, 0.5) is 0 Å². The molecule has 2 rings (SSSR count). The molecule has 0 heterocycles. The van der Waals surface area contributed by atoms with E-state index in [4.69, 9.17) is 0 Å². The molecule has 0 radical (unpaired) electrons. The summed E-state index contributed by atoms with van der Waals surface area (Å²) >= 11 is 0. The van der Waals surface area contributed by atoms with Gasteiger partial charge >= 0.3 is 17.1 Å². The van der Waals surface area contributed by atoms with E-state index in [1.165, 1.54) is 33.4 Å². The van der Waals surface area contributed by atoms with Crippen LogP contribution in [0.5, 0.6) is 0 Å². The molecule has 0 amide bonds. The first-order valence-electron chi connectivity index (χ1n) is 5.81. The Hall–Kier alpha value is -0.781. The Kier molecular flexibility index (Phi) is 6.52. The van der Waals surface area contributed by atoms with Crippen molar-refractivity contribution in [2.45, 2.75) is 41.5 Å². The standard InChI is InChI=1S/2C8H11.Fe/c2*1-6-4-7(2)8(3)5-6;/h2*4-5H,1-3H3;/q2*-1;+2. The molecule has 0 spiro atoms. The van der Waals surface area contributed by atoms with Crippen LogP contribution >= 0.6 is 0 Å². The quantitative estimate of drug-likeness (QED) is 0.482. The molecular formula is C16H22Fe. The zero-order chi connectivity index (χ0) is 12.3. The zero-order valence-corrected chi connectivity index (χ0v) is 12.8. The molecule has 0 nitrogen and oxygen atoms in total. The van der Waals surface area contributed by atoms with E-state index >= 15 is 0 Å². The smallest absolute Gasteiger partial charge is 0.208 e. The Morgan fingerprint density at radius 2 is 0.941 bits per heavy atom. The van der Waals surface area contributed by atoms with E-state index in [2.05, 4.69) is 65.8 Å². The molecule has 0 aliphatic rings. The van der Waals surface area contributed by atoms with Crippen LogP contribution in [0.3, 0.4) is 0 Å². The van der Waals surface area contributed by atoms with Crippen LogP contribution in [0.15, 0.2) is 24.3 Å². The van der Waals surface area contributed by atoms with Crippen LogP contribution in [-0.4, -0.2) is 0 Å². The number of hydrogen-bond donors (Lipinski definition) is 0. The minimum absolute atomic E-state index is 0. The SMILES string of the molecule is Cc1cc(C)c(C)[cH-]1.Cc1cc(C)c(C)[cH-]1.[Fe+2]. The van der Waals surface area contributed by atoms with E-state index in [1.54, 1.807) is 0 Å². The monoisotopic (exact) mass is 270 g/mol. The summed E-state index contributed by atoms with van der Waals surface area (Å²) in [5.41, 5.74) is 8.37. The van der Waals surface area contributed by atoms with E-state index in [9.17, 15) is 0 Å².